The minimum atomic E-state index is -4.20. The first-order chi connectivity index (χ1) is 10.5. The molecule has 0 fully saturated rings. The standard InChI is InChI=1S/C13H27NO8S2/c1-12(2,3)22-11(15)14-9-13(4,5)10-21-24(19,20)8-6-7-23(16,17)18/h6-10H2,1-5H3,(H,14,15)(H,16,17,18). The quantitative estimate of drug-likeness (QED) is 0.443. The molecule has 24 heavy (non-hydrogen) atoms. The van der Waals surface area contributed by atoms with Gasteiger partial charge in [-0.25, -0.2) is 4.79 Å². The fourth-order valence-corrected chi connectivity index (χ4v) is 3.21. The first kappa shape index (κ1) is 23.1. The highest BCUT2D eigenvalue weighted by molar-refractivity contribution is 7.87. The molecule has 0 aromatic carbocycles. The van der Waals surface area contributed by atoms with Crippen molar-refractivity contribution in [3.8, 4) is 0 Å². The van der Waals surface area contributed by atoms with Gasteiger partial charge in [-0.3, -0.25) is 8.74 Å². The van der Waals surface area contributed by atoms with E-state index in [0.717, 1.165) is 0 Å². The minimum absolute atomic E-state index is 0.127. The van der Waals surface area contributed by atoms with Crippen LogP contribution in [0.5, 0.6) is 0 Å². The molecule has 0 spiro atoms. The molecule has 0 aliphatic heterocycles. The van der Waals surface area contributed by atoms with Gasteiger partial charge in [0, 0.05) is 12.0 Å². The zero-order chi connectivity index (χ0) is 19.2. The number of ether oxygens (including phenoxy) is 1. The van der Waals surface area contributed by atoms with E-state index in [0.29, 0.717) is 0 Å². The highest BCUT2D eigenvalue weighted by Gasteiger charge is 2.25. The van der Waals surface area contributed by atoms with Crippen LogP contribution in [0.3, 0.4) is 0 Å². The summed E-state index contributed by atoms with van der Waals surface area (Å²) < 4.78 is 62.9. The van der Waals surface area contributed by atoms with Gasteiger partial charge in [0.15, 0.2) is 0 Å². The summed E-state index contributed by atoms with van der Waals surface area (Å²) in [5.74, 6) is -1.18. The molecule has 0 rings (SSSR count). The Morgan fingerprint density at radius 3 is 2.04 bits per heavy atom. The van der Waals surface area contributed by atoms with E-state index >= 15 is 0 Å². The second kappa shape index (κ2) is 8.45. The average molecular weight is 389 g/mol. The van der Waals surface area contributed by atoms with Gasteiger partial charge in [0.2, 0.25) is 0 Å². The Hall–Kier alpha value is -0.910. The number of rotatable bonds is 9. The fraction of sp³-hybridized carbons (Fsp3) is 0.923. The molecule has 0 aromatic rings. The van der Waals surface area contributed by atoms with Gasteiger partial charge in [0.25, 0.3) is 20.2 Å². The van der Waals surface area contributed by atoms with Crippen molar-refractivity contribution in [1.82, 2.24) is 5.32 Å². The Kier molecular flexibility index (Phi) is 8.13. The molecule has 0 aliphatic carbocycles. The third kappa shape index (κ3) is 13.5. The van der Waals surface area contributed by atoms with Crippen molar-refractivity contribution in [2.24, 2.45) is 5.41 Å². The Labute approximate surface area is 144 Å². The Balaban J connectivity index is 4.33. The molecular weight excluding hydrogens is 362 g/mol. The topological polar surface area (TPSA) is 136 Å². The maximum Gasteiger partial charge on any atom is 0.407 e. The summed E-state index contributed by atoms with van der Waals surface area (Å²) in [7, 11) is -8.13. The van der Waals surface area contributed by atoms with E-state index in [2.05, 4.69) is 5.32 Å². The summed E-state index contributed by atoms with van der Waals surface area (Å²) in [6, 6.07) is 0. The van der Waals surface area contributed by atoms with Crippen molar-refractivity contribution in [2.45, 2.75) is 46.6 Å². The van der Waals surface area contributed by atoms with Crippen LogP contribution in [0.2, 0.25) is 0 Å². The molecule has 0 aliphatic rings. The van der Waals surface area contributed by atoms with E-state index in [1.54, 1.807) is 34.6 Å². The fourth-order valence-electron chi connectivity index (χ4n) is 1.40. The highest BCUT2D eigenvalue weighted by Crippen LogP contribution is 2.16. The third-order valence-electron chi connectivity index (χ3n) is 2.54. The molecule has 0 bridgehead atoms. The van der Waals surface area contributed by atoms with Crippen LogP contribution >= 0.6 is 0 Å². The van der Waals surface area contributed by atoms with Gasteiger partial charge in [-0.05, 0) is 27.2 Å². The predicted octanol–water partition coefficient (Wildman–Crippen LogP) is 1.16. The lowest BCUT2D eigenvalue weighted by Crippen LogP contribution is -2.40. The number of hydrogen-bond acceptors (Lipinski definition) is 7. The van der Waals surface area contributed by atoms with E-state index in [9.17, 15) is 21.6 Å². The van der Waals surface area contributed by atoms with Crippen molar-refractivity contribution in [1.29, 1.82) is 0 Å². The molecule has 11 heteroatoms. The van der Waals surface area contributed by atoms with E-state index in [1.165, 1.54) is 0 Å². The van der Waals surface area contributed by atoms with Crippen LogP contribution in [0.25, 0.3) is 0 Å². The number of hydrogen-bond donors (Lipinski definition) is 2. The van der Waals surface area contributed by atoms with Gasteiger partial charge in [-0.15, -0.1) is 0 Å². The van der Waals surface area contributed by atoms with Crippen molar-refractivity contribution >= 4 is 26.3 Å². The molecule has 0 atom stereocenters. The van der Waals surface area contributed by atoms with E-state index in [1.807, 2.05) is 0 Å². The van der Waals surface area contributed by atoms with Crippen LogP contribution in [0.4, 0.5) is 4.79 Å². The minimum Gasteiger partial charge on any atom is -0.444 e. The molecule has 0 heterocycles. The lowest BCUT2D eigenvalue weighted by molar-refractivity contribution is 0.0494. The smallest absolute Gasteiger partial charge is 0.407 e. The molecule has 0 unspecified atom stereocenters. The van der Waals surface area contributed by atoms with Crippen LogP contribution < -0.4 is 5.32 Å². The maximum atomic E-state index is 11.7. The van der Waals surface area contributed by atoms with Crippen molar-refractivity contribution in [3.63, 3.8) is 0 Å². The Bertz CT molecular complexity index is 617. The van der Waals surface area contributed by atoms with E-state index in [4.69, 9.17) is 13.5 Å². The van der Waals surface area contributed by atoms with Gasteiger partial charge in [0.05, 0.1) is 18.1 Å². The number of carbonyl (C=O) groups excluding carboxylic acids is 1. The van der Waals surface area contributed by atoms with Crippen LogP contribution in [-0.4, -0.2) is 57.7 Å². The summed E-state index contributed by atoms with van der Waals surface area (Å²) in [6.45, 7) is 8.48. The zero-order valence-corrected chi connectivity index (χ0v) is 16.3. The second-order valence-corrected chi connectivity index (χ2v) is 10.5. The lowest BCUT2D eigenvalue weighted by atomic mass is 9.95. The van der Waals surface area contributed by atoms with Gasteiger partial charge in [-0.1, -0.05) is 13.8 Å². The van der Waals surface area contributed by atoms with Gasteiger partial charge in [0.1, 0.15) is 5.60 Å². The van der Waals surface area contributed by atoms with Crippen molar-refractivity contribution in [2.75, 3.05) is 24.7 Å². The van der Waals surface area contributed by atoms with Crippen LogP contribution in [0.15, 0.2) is 0 Å². The van der Waals surface area contributed by atoms with Crippen LogP contribution in [0.1, 0.15) is 41.0 Å². The summed E-state index contributed by atoms with van der Waals surface area (Å²) in [4.78, 5) is 11.6. The molecule has 2 N–H and O–H groups in total. The summed E-state index contributed by atoms with van der Waals surface area (Å²) in [5, 5.41) is 2.53. The molecule has 0 saturated heterocycles. The van der Waals surface area contributed by atoms with Crippen molar-refractivity contribution in [3.05, 3.63) is 0 Å². The predicted molar refractivity (Wildman–Crippen MR) is 88.8 cm³/mol. The SMILES string of the molecule is CC(C)(CNC(=O)OC(C)(C)C)COS(=O)(=O)CCCS(=O)(=O)O. The molecule has 0 saturated carbocycles. The molecular formula is C13H27NO8S2. The molecule has 0 radical (unpaired) electrons. The first-order valence-electron chi connectivity index (χ1n) is 7.30. The van der Waals surface area contributed by atoms with E-state index < -0.39 is 48.9 Å². The largest absolute Gasteiger partial charge is 0.444 e. The summed E-state index contributed by atoms with van der Waals surface area (Å²) in [6.07, 6.45) is -0.885. The third-order valence-corrected chi connectivity index (χ3v) is 4.61. The second-order valence-electron chi connectivity index (χ2n) is 7.18. The first-order valence-corrected chi connectivity index (χ1v) is 10.5. The summed E-state index contributed by atoms with van der Waals surface area (Å²) in [5.41, 5.74) is -1.33. The normalized spacial score (nSPS) is 13.6. The maximum absolute atomic E-state index is 11.7. The molecule has 0 aromatic heterocycles. The number of nitrogens with one attached hydrogen (secondary N) is 1. The monoisotopic (exact) mass is 389 g/mol. The summed E-state index contributed by atoms with van der Waals surface area (Å²) >= 11 is 0. The number of amides is 1. The number of carbonyl (C=O) groups is 1. The Morgan fingerprint density at radius 2 is 1.58 bits per heavy atom. The van der Waals surface area contributed by atoms with Crippen LogP contribution in [0, 0.1) is 5.41 Å². The Morgan fingerprint density at radius 1 is 1.04 bits per heavy atom. The van der Waals surface area contributed by atoms with Gasteiger partial charge in [-0.2, -0.15) is 16.8 Å². The van der Waals surface area contributed by atoms with E-state index in [-0.39, 0.29) is 19.6 Å². The van der Waals surface area contributed by atoms with Crippen molar-refractivity contribution < 1.29 is 35.1 Å². The van der Waals surface area contributed by atoms with Crippen LogP contribution in [-0.2, 0) is 29.2 Å². The van der Waals surface area contributed by atoms with Gasteiger partial charge >= 0.3 is 6.09 Å². The van der Waals surface area contributed by atoms with Gasteiger partial charge < -0.3 is 10.1 Å². The molecule has 9 nitrogen and oxygen atoms in total. The number of alkyl carbamates (subject to hydrolysis) is 1. The zero-order valence-electron chi connectivity index (χ0n) is 14.7. The average Bonchev–Trinajstić information content (AvgIpc) is 2.31. The molecule has 1 amide bonds. The molecule has 144 valence electrons. The lowest BCUT2D eigenvalue weighted by Gasteiger charge is -2.26. The highest BCUT2D eigenvalue weighted by atomic mass is 32.2.